The van der Waals surface area contributed by atoms with Crippen LogP contribution in [0, 0.1) is 6.92 Å². The maximum Gasteiger partial charge on any atom is 0.310 e. The van der Waals surface area contributed by atoms with Crippen LogP contribution in [0.3, 0.4) is 0 Å². The summed E-state index contributed by atoms with van der Waals surface area (Å²) in [4.78, 5) is 26.0. The number of methoxy groups -OCH3 is 5. The van der Waals surface area contributed by atoms with Crippen molar-refractivity contribution in [3.8, 4) is 28.7 Å². The van der Waals surface area contributed by atoms with Crippen LogP contribution in [0.2, 0.25) is 0 Å². The van der Waals surface area contributed by atoms with Gasteiger partial charge in [-0.2, -0.15) is 0 Å². The number of hydrogen-bond acceptors (Lipinski definition) is 8. The molecule has 1 amide bonds. The van der Waals surface area contributed by atoms with Gasteiger partial charge in [-0.25, -0.2) is 0 Å². The van der Waals surface area contributed by atoms with E-state index in [-0.39, 0.29) is 26.8 Å². The minimum Gasteiger partial charge on any atom is -0.496 e. The van der Waals surface area contributed by atoms with Crippen molar-refractivity contribution in [3.05, 3.63) is 76.9 Å². The average molecular weight is 672 g/mol. The summed E-state index contributed by atoms with van der Waals surface area (Å²) < 4.78 is 26.7. The Balaban J connectivity index is 0.000001000. The van der Waals surface area contributed by atoms with Crippen LogP contribution in [0.4, 0.5) is 0 Å². The molecule has 3 aromatic carbocycles. The normalized spacial score (nSPS) is 12.6. The Labute approximate surface area is 287 Å². The lowest BCUT2D eigenvalue weighted by molar-refractivity contribution is -0.139. The van der Waals surface area contributed by atoms with Crippen molar-refractivity contribution in [2.75, 3.05) is 42.6 Å². The largest absolute Gasteiger partial charge is 0.496 e. The molecule has 2 N–H and O–H groups in total. The van der Waals surface area contributed by atoms with Crippen molar-refractivity contribution in [1.82, 2.24) is 4.90 Å². The molecule has 10 heteroatoms. The van der Waals surface area contributed by atoms with Crippen LogP contribution < -0.4 is 23.7 Å². The predicted molar refractivity (Wildman–Crippen MR) is 191 cm³/mol. The van der Waals surface area contributed by atoms with Crippen molar-refractivity contribution in [2.24, 2.45) is 0 Å². The maximum absolute atomic E-state index is 13.3. The molecule has 3 aromatic rings. The third-order valence-corrected chi connectivity index (χ3v) is 8.24. The maximum atomic E-state index is 13.3. The highest BCUT2D eigenvalue weighted by atomic mass is 16.5. The molecule has 3 rings (SSSR count). The minimum absolute atomic E-state index is 0. The Morgan fingerprint density at radius 2 is 1.12 bits per heavy atom. The number of amides is 1. The van der Waals surface area contributed by atoms with E-state index < -0.39 is 23.9 Å². The van der Waals surface area contributed by atoms with Crippen LogP contribution in [0.15, 0.2) is 54.6 Å². The second kappa shape index (κ2) is 20.7. The summed E-state index contributed by atoms with van der Waals surface area (Å²) in [5, 5.41) is 19.9. The molecule has 0 saturated heterocycles. The molecule has 0 fully saturated rings. The first-order valence-electron chi connectivity index (χ1n) is 15.2. The van der Waals surface area contributed by atoms with Gasteiger partial charge in [-0.3, -0.25) is 9.59 Å². The zero-order valence-corrected chi connectivity index (χ0v) is 28.6. The van der Waals surface area contributed by atoms with Gasteiger partial charge in [0.1, 0.15) is 11.5 Å². The van der Waals surface area contributed by atoms with Gasteiger partial charge < -0.3 is 38.8 Å². The lowest BCUT2D eigenvalue weighted by Gasteiger charge is -2.32. The van der Waals surface area contributed by atoms with Gasteiger partial charge in [0.2, 0.25) is 11.7 Å². The van der Waals surface area contributed by atoms with Crippen LogP contribution in [0.5, 0.6) is 28.7 Å². The monoisotopic (exact) mass is 671 g/mol. The Bertz CT molecular complexity index is 1380. The van der Waals surface area contributed by atoms with Crippen molar-refractivity contribution in [1.29, 1.82) is 0 Å². The van der Waals surface area contributed by atoms with E-state index in [0.29, 0.717) is 47.2 Å². The number of benzene rings is 3. The fourth-order valence-corrected chi connectivity index (χ4v) is 5.30. The number of likely N-dealkylation sites (N-methyl/N-ethyl adjacent to an activating group) is 1. The van der Waals surface area contributed by atoms with E-state index >= 15 is 0 Å². The number of carboxylic acid groups (broad SMARTS) is 1. The lowest BCUT2D eigenvalue weighted by Crippen LogP contribution is -2.41. The van der Waals surface area contributed by atoms with Gasteiger partial charge in [-0.05, 0) is 67.6 Å². The number of carbonyl (C=O) groups is 2. The van der Waals surface area contributed by atoms with Gasteiger partial charge >= 0.3 is 5.97 Å². The predicted octanol–water partition coefficient (Wildman–Crippen LogP) is 7.65. The molecular weight excluding hydrogens is 614 g/mol. The smallest absolute Gasteiger partial charge is 0.310 e. The number of aliphatic carboxylic acids is 1. The molecule has 0 aliphatic carbocycles. The van der Waals surface area contributed by atoms with E-state index in [4.69, 9.17) is 28.8 Å². The number of ether oxygens (including phenoxy) is 5. The number of hydrogen-bond donors (Lipinski definition) is 2. The SMILES string of the molecule is C.C.CC[C@@H](C(=O)N(C)[C@@H](C)[C@@H](O)c1ccccc1)c1cc(OC)c(OC)c(OC)c1.CC[C@@H](C(=O)O)c1cc(OC)c(C)c(OC)c1. The van der Waals surface area contributed by atoms with Crippen molar-refractivity contribution >= 4 is 11.9 Å². The third kappa shape index (κ3) is 10.3. The number of carbonyl (C=O) groups excluding carboxylic acids is 1. The summed E-state index contributed by atoms with van der Waals surface area (Å²) in [5.74, 6) is 0.962. The summed E-state index contributed by atoms with van der Waals surface area (Å²) in [6, 6.07) is 16.1. The lowest BCUT2D eigenvalue weighted by atomic mass is 9.93. The number of aliphatic hydroxyl groups excluding tert-OH is 1. The molecule has 0 bridgehead atoms. The second-order valence-electron chi connectivity index (χ2n) is 10.8. The van der Waals surface area contributed by atoms with Crippen LogP contribution in [-0.4, -0.2) is 75.6 Å². The van der Waals surface area contributed by atoms with Crippen LogP contribution in [0.25, 0.3) is 0 Å². The number of rotatable bonds is 14. The first-order chi connectivity index (χ1) is 21.9. The Morgan fingerprint density at radius 3 is 1.50 bits per heavy atom. The fraction of sp³-hybridized carbons (Fsp3) is 0.474. The van der Waals surface area contributed by atoms with Gasteiger partial charge in [-0.15, -0.1) is 0 Å². The molecule has 0 unspecified atom stereocenters. The molecule has 0 heterocycles. The first kappa shape index (κ1) is 43.6. The third-order valence-electron chi connectivity index (χ3n) is 8.24. The van der Waals surface area contributed by atoms with Gasteiger partial charge in [0.25, 0.3) is 0 Å². The van der Waals surface area contributed by atoms with E-state index in [1.54, 1.807) is 71.8 Å². The molecule has 0 aliphatic rings. The summed E-state index contributed by atoms with van der Waals surface area (Å²) in [5.41, 5.74) is 3.14. The molecule has 0 spiro atoms. The fourth-order valence-electron chi connectivity index (χ4n) is 5.30. The van der Waals surface area contributed by atoms with Gasteiger partial charge in [0.15, 0.2) is 11.5 Å². The van der Waals surface area contributed by atoms with E-state index in [1.165, 1.54) is 0 Å². The molecular formula is C38H57NO9. The molecule has 10 nitrogen and oxygen atoms in total. The Hall–Kier alpha value is -4.44. The molecule has 268 valence electrons. The molecule has 0 aliphatic heterocycles. The molecule has 0 aromatic heterocycles. The van der Waals surface area contributed by atoms with Gasteiger partial charge in [0, 0.05) is 12.6 Å². The van der Waals surface area contributed by atoms with Crippen molar-refractivity contribution in [2.45, 2.75) is 79.4 Å². The molecule has 0 radical (unpaired) electrons. The van der Waals surface area contributed by atoms with E-state index in [2.05, 4.69) is 0 Å². The number of aliphatic hydroxyl groups is 1. The zero-order chi connectivity index (χ0) is 34.6. The molecule has 48 heavy (non-hydrogen) atoms. The molecule has 4 atom stereocenters. The van der Waals surface area contributed by atoms with Crippen LogP contribution in [0.1, 0.15) is 88.7 Å². The highest BCUT2D eigenvalue weighted by molar-refractivity contribution is 5.84. The first-order valence-corrected chi connectivity index (χ1v) is 15.2. The quantitative estimate of drug-likeness (QED) is 0.178. The Morgan fingerprint density at radius 1 is 0.708 bits per heavy atom. The number of carboxylic acids is 1. The zero-order valence-electron chi connectivity index (χ0n) is 28.6. The topological polar surface area (TPSA) is 124 Å². The van der Waals surface area contributed by atoms with Crippen LogP contribution >= 0.6 is 0 Å². The van der Waals surface area contributed by atoms with E-state index in [1.807, 2.05) is 58.0 Å². The van der Waals surface area contributed by atoms with E-state index in [9.17, 15) is 14.7 Å². The molecule has 0 saturated carbocycles. The summed E-state index contributed by atoms with van der Waals surface area (Å²) in [7, 11) is 9.49. The van der Waals surface area contributed by atoms with Crippen LogP contribution in [-0.2, 0) is 9.59 Å². The highest BCUT2D eigenvalue weighted by Gasteiger charge is 2.30. The summed E-state index contributed by atoms with van der Waals surface area (Å²) in [6.07, 6.45) is 0.350. The van der Waals surface area contributed by atoms with Crippen molar-refractivity contribution < 1.29 is 43.5 Å². The van der Waals surface area contributed by atoms with Crippen molar-refractivity contribution in [3.63, 3.8) is 0 Å². The summed E-state index contributed by atoms with van der Waals surface area (Å²) in [6.45, 7) is 7.52. The Kier molecular flexibility index (Phi) is 18.8. The summed E-state index contributed by atoms with van der Waals surface area (Å²) >= 11 is 0. The highest BCUT2D eigenvalue weighted by Crippen LogP contribution is 2.41. The average Bonchev–Trinajstić information content (AvgIpc) is 3.08. The van der Waals surface area contributed by atoms with E-state index in [0.717, 1.165) is 16.7 Å². The minimum atomic E-state index is -0.833. The van der Waals surface area contributed by atoms with Gasteiger partial charge in [0.05, 0.1) is 59.5 Å². The second-order valence-corrected chi connectivity index (χ2v) is 10.8. The van der Waals surface area contributed by atoms with Gasteiger partial charge in [-0.1, -0.05) is 59.0 Å². The standard InChI is InChI=1S/C23H31NO5.C13H18O4.2CH4/c1-7-18(17-13-19(27-4)22(29-6)20(14-17)28-5)23(26)24(3)15(2)21(25)16-11-9-8-10-12-16;1-5-10(13(14)15)9-6-11(16-3)8(2)12(7-9)17-4;;/h8-15,18,21,25H,7H2,1-6H3;6-7,10H,5H2,1-4H3,(H,14,15);2*1H4/t15-,18+,21+;10-;;/m01../s1. The number of nitrogens with zero attached hydrogens (tertiary/aromatic N) is 1.